The van der Waals surface area contributed by atoms with Gasteiger partial charge in [0.15, 0.2) is 11.5 Å². The van der Waals surface area contributed by atoms with Crippen LogP contribution in [0.4, 0.5) is 0 Å². The van der Waals surface area contributed by atoms with Gasteiger partial charge in [-0.25, -0.2) is 0 Å². The Morgan fingerprint density at radius 2 is 1.63 bits per heavy atom. The number of rotatable bonds is 6. The number of aromatic hydroxyl groups is 2. The number of hydrogen-bond acceptors (Lipinski definition) is 10. The number of phenolic OH excluding ortho intramolecular Hbond substituents is 1. The molecule has 3 aromatic rings. The van der Waals surface area contributed by atoms with E-state index in [2.05, 4.69) is 23.2 Å². The molecule has 3 heterocycles. The quantitative estimate of drug-likeness (QED) is 0.115. The van der Waals surface area contributed by atoms with E-state index in [1.807, 2.05) is 18.5 Å². The molecule has 0 radical (unpaired) electrons. The van der Waals surface area contributed by atoms with E-state index in [9.17, 15) is 35.7 Å². The largest absolute Gasteiger partial charge is 0.504 e. The van der Waals surface area contributed by atoms with E-state index in [0.717, 1.165) is 74.7 Å². The summed E-state index contributed by atoms with van der Waals surface area (Å²) in [6.45, 7) is 0.0350. The van der Waals surface area contributed by atoms with Gasteiger partial charge in [0.05, 0.1) is 56.4 Å². The zero-order valence-electron chi connectivity index (χ0n) is 36.3. The van der Waals surface area contributed by atoms with Gasteiger partial charge in [0.1, 0.15) is 5.75 Å². The van der Waals surface area contributed by atoms with Gasteiger partial charge in [0, 0.05) is 42.3 Å². The lowest BCUT2D eigenvalue weighted by Gasteiger charge is -2.53. The molecule has 11 heteroatoms. The van der Waals surface area contributed by atoms with E-state index in [1.165, 1.54) is 31.9 Å². The highest BCUT2D eigenvalue weighted by Gasteiger charge is 2.55. The average molecular weight is 856 g/mol. The lowest BCUT2D eigenvalue weighted by molar-refractivity contribution is -0.154. The molecule has 15 atom stereocenters. The Bertz CT molecular complexity index is 2060. The van der Waals surface area contributed by atoms with Crippen LogP contribution < -0.4 is 9.47 Å². The number of hydrogen-bond donors (Lipinski definition) is 8. The van der Waals surface area contributed by atoms with Crippen LogP contribution in [-0.2, 0) is 17.8 Å². The Balaban J connectivity index is 0.995. The third-order valence-corrected chi connectivity index (χ3v) is 17.7. The molecule has 62 heavy (non-hydrogen) atoms. The Kier molecular flexibility index (Phi) is 11.9. The number of ether oxygens (including phenoxy) is 3. The van der Waals surface area contributed by atoms with Crippen molar-refractivity contribution < 1.29 is 50.0 Å². The first-order valence-electron chi connectivity index (χ1n) is 24.1. The second-order valence-electron chi connectivity index (χ2n) is 20.8. The number of aliphatic hydroxyl groups is 5. The molecular weight excluding hydrogens is 787 g/mol. The van der Waals surface area contributed by atoms with E-state index in [0.29, 0.717) is 67.1 Å². The van der Waals surface area contributed by atoms with Gasteiger partial charge in [0.25, 0.3) is 0 Å². The summed E-state index contributed by atoms with van der Waals surface area (Å²) in [7, 11) is 1.45. The maximum atomic E-state index is 12.2. The normalized spacial score (nSPS) is 39.4. The lowest BCUT2D eigenvalue weighted by Crippen LogP contribution is -2.50. The zero-order valence-corrected chi connectivity index (χ0v) is 36.3. The van der Waals surface area contributed by atoms with E-state index in [4.69, 9.17) is 14.2 Å². The Morgan fingerprint density at radius 3 is 2.44 bits per heavy atom. The number of H-pyrrole nitrogens is 1. The van der Waals surface area contributed by atoms with Crippen molar-refractivity contribution in [2.75, 3.05) is 13.7 Å². The first kappa shape index (κ1) is 42.6. The summed E-state index contributed by atoms with van der Waals surface area (Å²) < 4.78 is 19.5. The van der Waals surface area contributed by atoms with Crippen LogP contribution in [0.15, 0.2) is 36.7 Å². The first-order chi connectivity index (χ1) is 30.0. The van der Waals surface area contributed by atoms with Gasteiger partial charge in [-0.15, -0.1) is 0 Å². The standard InChI is InChI=1S/C51H69NO10/c1-60-50-37(19-28-13-17-52-25-28)45(38(26-53)48(57)49(50)58)44-23-40(55)34-7-5-30(22-43(34)62-44)29-6-10-42-36(20-29)46-35(9-8-33-32-4-2-3-31(32)21-41(56)47(33)46)39(54)12-16-51(59)15-11-27(24-51)14-18-61-42/h6,10,13,17,20,25,27,30-35,39-41,43-44,46-47,52-59H,2-5,7-9,11-12,14-16,18-19,21-24,26H2,1H3. The van der Waals surface area contributed by atoms with E-state index < -0.39 is 48.1 Å². The van der Waals surface area contributed by atoms with Gasteiger partial charge in [-0.1, -0.05) is 25.0 Å². The Hall–Kier alpha value is -3.32. The van der Waals surface area contributed by atoms with E-state index in [-0.39, 0.29) is 53.4 Å². The van der Waals surface area contributed by atoms with Gasteiger partial charge in [-0.3, -0.25) is 0 Å². The number of fused-ring (bicyclic) bond motifs is 10. The van der Waals surface area contributed by atoms with Crippen molar-refractivity contribution in [3.63, 3.8) is 0 Å². The van der Waals surface area contributed by atoms with Crippen LogP contribution in [0.1, 0.15) is 154 Å². The summed E-state index contributed by atoms with van der Waals surface area (Å²) in [5.74, 6) is 1.99. The van der Waals surface area contributed by atoms with Crippen molar-refractivity contribution in [1.29, 1.82) is 0 Å². The molecule has 1 saturated heterocycles. The molecule has 1 aromatic heterocycles. The van der Waals surface area contributed by atoms with Gasteiger partial charge >= 0.3 is 0 Å². The van der Waals surface area contributed by atoms with Crippen LogP contribution in [0.2, 0.25) is 0 Å². The van der Waals surface area contributed by atoms with Gasteiger partial charge in [0.2, 0.25) is 5.75 Å². The SMILES string of the molecule is COc1c(O)c(O)c(CO)c(C2CC(O)C3CCC(c4ccc5c(c4)C4C(CCC6C7CCCC7CC(O)C64)C(O)CCC4(O)CCC(CCO5)C4)CC3O2)c1Cc1cc[nH]c1. The van der Waals surface area contributed by atoms with E-state index in [1.54, 1.807) is 0 Å². The number of aromatic amines is 1. The van der Waals surface area contributed by atoms with Crippen molar-refractivity contribution in [1.82, 2.24) is 4.98 Å². The van der Waals surface area contributed by atoms with Crippen molar-refractivity contribution in [3.05, 3.63) is 70.0 Å². The minimum absolute atomic E-state index is 0.0261. The molecule has 5 aliphatic carbocycles. The molecule has 5 saturated carbocycles. The summed E-state index contributed by atoms with van der Waals surface area (Å²) in [5, 5.41) is 80.8. The molecule has 10 rings (SSSR count). The summed E-state index contributed by atoms with van der Waals surface area (Å²) in [5.41, 5.74) is 3.79. The van der Waals surface area contributed by atoms with Gasteiger partial charge in [-0.2, -0.15) is 0 Å². The molecule has 2 aromatic carbocycles. The summed E-state index contributed by atoms with van der Waals surface area (Å²) >= 11 is 0. The van der Waals surface area contributed by atoms with Crippen molar-refractivity contribution >= 4 is 0 Å². The second kappa shape index (κ2) is 17.2. The van der Waals surface area contributed by atoms with Crippen molar-refractivity contribution in [2.45, 2.75) is 164 Å². The number of phenols is 2. The molecule has 0 amide bonds. The zero-order chi connectivity index (χ0) is 42.9. The molecular formula is C51H69NO10. The predicted octanol–water partition coefficient (Wildman–Crippen LogP) is 7.65. The summed E-state index contributed by atoms with van der Waals surface area (Å²) in [4.78, 5) is 3.08. The van der Waals surface area contributed by atoms with Crippen LogP contribution >= 0.6 is 0 Å². The maximum Gasteiger partial charge on any atom is 0.201 e. The fraction of sp³-hybridized carbons (Fsp3) is 0.686. The monoisotopic (exact) mass is 855 g/mol. The molecule has 2 aliphatic heterocycles. The summed E-state index contributed by atoms with van der Waals surface area (Å²) in [6.07, 6.45) is 14.8. The molecule has 11 nitrogen and oxygen atoms in total. The molecule has 338 valence electrons. The number of methoxy groups -OCH3 is 1. The molecule has 15 unspecified atom stereocenters. The smallest absolute Gasteiger partial charge is 0.201 e. The third-order valence-electron chi connectivity index (χ3n) is 17.7. The van der Waals surface area contributed by atoms with Crippen molar-refractivity contribution in [2.24, 2.45) is 41.4 Å². The van der Waals surface area contributed by atoms with Gasteiger partial charge < -0.3 is 54.9 Å². The Morgan fingerprint density at radius 1 is 0.806 bits per heavy atom. The molecule has 7 aliphatic rings. The highest BCUT2D eigenvalue weighted by Crippen LogP contribution is 2.61. The maximum absolute atomic E-state index is 12.2. The third kappa shape index (κ3) is 7.64. The first-order valence-corrected chi connectivity index (χ1v) is 24.1. The molecule has 6 fully saturated rings. The highest BCUT2D eigenvalue weighted by molar-refractivity contribution is 5.64. The van der Waals surface area contributed by atoms with Crippen LogP contribution in [0.25, 0.3) is 0 Å². The minimum atomic E-state index is -0.737. The number of aromatic nitrogens is 1. The topological polar surface area (TPSA) is 185 Å². The molecule has 8 N–H and O–H groups in total. The molecule has 0 spiro atoms. The average Bonchev–Trinajstić information content (AvgIpc) is 4.06. The van der Waals surface area contributed by atoms with E-state index >= 15 is 0 Å². The number of nitrogens with one attached hydrogen (secondary N) is 1. The minimum Gasteiger partial charge on any atom is -0.504 e. The van der Waals surface area contributed by atoms with Crippen LogP contribution in [0.3, 0.4) is 0 Å². The number of aliphatic hydroxyl groups excluding tert-OH is 4. The predicted molar refractivity (Wildman–Crippen MR) is 232 cm³/mol. The lowest BCUT2D eigenvalue weighted by atomic mass is 9.53. The Labute approximate surface area is 365 Å². The highest BCUT2D eigenvalue weighted by atomic mass is 16.5. The number of benzene rings is 2. The second-order valence-corrected chi connectivity index (χ2v) is 20.8. The van der Waals surface area contributed by atoms with Gasteiger partial charge in [-0.05, 0) is 165 Å². The van der Waals surface area contributed by atoms with Crippen LogP contribution in [0.5, 0.6) is 23.0 Å². The van der Waals surface area contributed by atoms with Crippen LogP contribution in [-0.4, -0.2) is 84.5 Å². The van der Waals surface area contributed by atoms with Crippen molar-refractivity contribution in [3.8, 4) is 23.0 Å². The van der Waals surface area contributed by atoms with Crippen LogP contribution in [0, 0.1) is 41.4 Å². The summed E-state index contributed by atoms with van der Waals surface area (Å²) in [6, 6.07) is 8.62. The fourth-order valence-corrected chi connectivity index (χ4v) is 14.8. The molecule has 2 bridgehead atoms. The fourth-order valence-electron chi connectivity index (χ4n) is 14.8.